The van der Waals surface area contributed by atoms with Crippen LogP contribution in [0.4, 0.5) is 23.2 Å². The molecule has 1 saturated heterocycles. The van der Waals surface area contributed by atoms with Crippen molar-refractivity contribution in [3.05, 3.63) is 65.5 Å². The van der Waals surface area contributed by atoms with Gasteiger partial charge in [0.1, 0.15) is 5.82 Å². The molecular formula is C19H16F4N2O2. The Morgan fingerprint density at radius 3 is 2.59 bits per heavy atom. The van der Waals surface area contributed by atoms with Crippen LogP contribution >= 0.6 is 0 Å². The minimum atomic E-state index is -4.52. The molecule has 2 aromatic carbocycles. The molecule has 1 aliphatic rings. The van der Waals surface area contributed by atoms with Gasteiger partial charge in [0.2, 0.25) is 11.8 Å². The monoisotopic (exact) mass is 380 g/mol. The first kappa shape index (κ1) is 18.9. The zero-order valence-electron chi connectivity index (χ0n) is 14.1. The number of hydrogen-bond donors (Lipinski definition) is 1. The van der Waals surface area contributed by atoms with Crippen molar-refractivity contribution in [3.63, 3.8) is 0 Å². The lowest BCUT2D eigenvalue weighted by molar-refractivity contribution is -0.137. The van der Waals surface area contributed by atoms with Gasteiger partial charge in [-0.05, 0) is 24.3 Å². The minimum Gasteiger partial charge on any atom is -0.352 e. The molecule has 8 heteroatoms. The van der Waals surface area contributed by atoms with E-state index >= 15 is 0 Å². The summed E-state index contributed by atoms with van der Waals surface area (Å²) in [5.41, 5.74) is -0.454. The van der Waals surface area contributed by atoms with Crippen LogP contribution in [0.3, 0.4) is 0 Å². The van der Waals surface area contributed by atoms with Gasteiger partial charge in [-0.3, -0.25) is 9.59 Å². The minimum absolute atomic E-state index is 0.0246. The first-order valence-electron chi connectivity index (χ1n) is 8.24. The number of hydrogen-bond acceptors (Lipinski definition) is 2. The molecular weight excluding hydrogens is 364 g/mol. The van der Waals surface area contributed by atoms with Crippen molar-refractivity contribution in [2.75, 3.05) is 11.4 Å². The number of anilines is 1. The van der Waals surface area contributed by atoms with Gasteiger partial charge in [0.15, 0.2) is 0 Å². The standard InChI is InChI=1S/C19H16F4N2O2/c20-16-7-2-1-4-12(16)10-24-18(27)13-8-17(26)25(11-13)15-6-3-5-14(9-15)19(21,22)23/h1-7,9,13H,8,10-11H2,(H,24,27)/t13-/m1/s1. The highest BCUT2D eigenvalue weighted by Crippen LogP contribution is 2.33. The van der Waals surface area contributed by atoms with E-state index in [1.165, 1.54) is 35.2 Å². The van der Waals surface area contributed by atoms with Crippen LogP contribution in [0.15, 0.2) is 48.5 Å². The number of nitrogens with one attached hydrogen (secondary N) is 1. The third-order valence-corrected chi connectivity index (χ3v) is 4.39. The average Bonchev–Trinajstić information content (AvgIpc) is 3.02. The normalized spacial score (nSPS) is 17.3. The molecule has 4 nitrogen and oxygen atoms in total. The smallest absolute Gasteiger partial charge is 0.352 e. The molecule has 1 N–H and O–H groups in total. The van der Waals surface area contributed by atoms with Crippen molar-refractivity contribution < 1.29 is 27.2 Å². The van der Waals surface area contributed by atoms with Crippen LogP contribution in [-0.2, 0) is 22.3 Å². The van der Waals surface area contributed by atoms with E-state index in [9.17, 15) is 27.2 Å². The largest absolute Gasteiger partial charge is 0.416 e. The summed E-state index contributed by atoms with van der Waals surface area (Å²) in [4.78, 5) is 25.6. The molecule has 0 aromatic heterocycles. The molecule has 2 amide bonds. The molecule has 0 spiro atoms. The topological polar surface area (TPSA) is 49.4 Å². The van der Waals surface area contributed by atoms with Crippen LogP contribution in [0.2, 0.25) is 0 Å². The summed E-state index contributed by atoms with van der Waals surface area (Å²) >= 11 is 0. The molecule has 0 radical (unpaired) electrons. The summed E-state index contributed by atoms with van der Waals surface area (Å²) in [6, 6.07) is 10.4. The number of nitrogens with zero attached hydrogens (tertiary/aromatic N) is 1. The molecule has 0 unspecified atom stereocenters. The summed E-state index contributed by atoms with van der Waals surface area (Å²) in [6.07, 6.45) is -4.63. The number of alkyl halides is 3. The third kappa shape index (κ3) is 4.27. The van der Waals surface area contributed by atoms with Crippen LogP contribution in [0, 0.1) is 11.7 Å². The fourth-order valence-electron chi connectivity index (χ4n) is 2.95. The number of benzene rings is 2. The van der Waals surface area contributed by atoms with E-state index < -0.39 is 35.3 Å². The van der Waals surface area contributed by atoms with E-state index in [0.29, 0.717) is 5.56 Å². The fraction of sp³-hybridized carbons (Fsp3) is 0.263. The summed E-state index contributed by atoms with van der Waals surface area (Å²) in [7, 11) is 0. The van der Waals surface area contributed by atoms with E-state index in [0.717, 1.165) is 12.1 Å². The summed E-state index contributed by atoms with van der Waals surface area (Å²) in [5.74, 6) is -2.04. The lowest BCUT2D eigenvalue weighted by atomic mass is 10.1. The van der Waals surface area contributed by atoms with Gasteiger partial charge in [0, 0.05) is 30.8 Å². The second-order valence-corrected chi connectivity index (χ2v) is 6.26. The molecule has 1 heterocycles. The molecule has 1 fully saturated rings. The Kier molecular flexibility index (Phi) is 5.16. The Balaban J connectivity index is 1.67. The van der Waals surface area contributed by atoms with Crippen molar-refractivity contribution in [2.24, 2.45) is 5.92 Å². The molecule has 0 aliphatic carbocycles. The van der Waals surface area contributed by atoms with Crippen molar-refractivity contribution in [3.8, 4) is 0 Å². The van der Waals surface area contributed by atoms with E-state index in [-0.39, 0.29) is 25.2 Å². The predicted molar refractivity (Wildman–Crippen MR) is 90.2 cm³/mol. The van der Waals surface area contributed by atoms with Gasteiger partial charge < -0.3 is 10.2 Å². The van der Waals surface area contributed by atoms with Crippen LogP contribution in [0.1, 0.15) is 17.5 Å². The summed E-state index contributed by atoms with van der Waals surface area (Å²) in [6.45, 7) is -0.0526. The lowest BCUT2D eigenvalue weighted by Crippen LogP contribution is -2.32. The van der Waals surface area contributed by atoms with E-state index in [1.54, 1.807) is 6.07 Å². The van der Waals surface area contributed by atoms with Gasteiger partial charge in [-0.2, -0.15) is 13.2 Å². The maximum Gasteiger partial charge on any atom is 0.416 e. The Morgan fingerprint density at radius 2 is 1.89 bits per heavy atom. The van der Waals surface area contributed by atoms with Crippen LogP contribution in [-0.4, -0.2) is 18.4 Å². The Bertz CT molecular complexity index is 867. The van der Waals surface area contributed by atoms with Gasteiger partial charge in [-0.15, -0.1) is 0 Å². The average molecular weight is 380 g/mol. The number of rotatable bonds is 4. The molecule has 1 atom stereocenters. The number of halogens is 4. The zero-order chi connectivity index (χ0) is 19.6. The van der Waals surface area contributed by atoms with Crippen LogP contribution < -0.4 is 10.2 Å². The summed E-state index contributed by atoms with van der Waals surface area (Å²) < 4.78 is 52.1. The summed E-state index contributed by atoms with van der Waals surface area (Å²) in [5, 5.41) is 2.57. The SMILES string of the molecule is O=C(NCc1ccccc1F)[C@@H]1CC(=O)N(c2cccc(C(F)(F)F)c2)C1. The molecule has 0 saturated carbocycles. The van der Waals surface area contributed by atoms with Crippen molar-refractivity contribution >= 4 is 17.5 Å². The first-order chi connectivity index (χ1) is 12.8. The molecule has 3 rings (SSSR count). The fourth-order valence-corrected chi connectivity index (χ4v) is 2.95. The second-order valence-electron chi connectivity index (χ2n) is 6.26. The highest BCUT2D eigenvalue weighted by Gasteiger charge is 2.36. The van der Waals surface area contributed by atoms with Gasteiger partial charge in [-0.1, -0.05) is 24.3 Å². The quantitative estimate of drug-likeness (QED) is 0.826. The Labute approximate surface area is 152 Å². The van der Waals surface area contributed by atoms with E-state index in [2.05, 4.69) is 5.32 Å². The second kappa shape index (κ2) is 7.38. The predicted octanol–water partition coefficient (Wildman–Crippen LogP) is 3.51. The zero-order valence-corrected chi connectivity index (χ0v) is 14.1. The highest BCUT2D eigenvalue weighted by atomic mass is 19.4. The highest BCUT2D eigenvalue weighted by molar-refractivity contribution is 6.00. The Hall–Kier alpha value is -2.90. The third-order valence-electron chi connectivity index (χ3n) is 4.39. The molecule has 0 bridgehead atoms. The Morgan fingerprint density at radius 1 is 1.15 bits per heavy atom. The van der Waals surface area contributed by atoms with Crippen molar-refractivity contribution in [1.82, 2.24) is 5.32 Å². The van der Waals surface area contributed by atoms with Crippen molar-refractivity contribution in [1.29, 1.82) is 0 Å². The van der Waals surface area contributed by atoms with Crippen LogP contribution in [0.5, 0.6) is 0 Å². The molecule has 27 heavy (non-hydrogen) atoms. The lowest BCUT2D eigenvalue weighted by Gasteiger charge is -2.18. The van der Waals surface area contributed by atoms with Gasteiger partial charge in [0.05, 0.1) is 11.5 Å². The van der Waals surface area contributed by atoms with Crippen molar-refractivity contribution in [2.45, 2.75) is 19.1 Å². The first-order valence-corrected chi connectivity index (χ1v) is 8.24. The van der Waals surface area contributed by atoms with Gasteiger partial charge in [-0.25, -0.2) is 4.39 Å². The number of carbonyl (C=O) groups is 2. The number of amides is 2. The van der Waals surface area contributed by atoms with E-state index in [1.807, 2.05) is 0 Å². The van der Waals surface area contributed by atoms with Gasteiger partial charge >= 0.3 is 6.18 Å². The van der Waals surface area contributed by atoms with Crippen LogP contribution in [0.25, 0.3) is 0 Å². The van der Waals surface area contributed by atoms with Gasteiger partial charge in [0.25, 0.3) is 0 Å². The van der Waals surface area contributed by atoms with E-state index in [4.69, 9.17) is 0 Å². The molecule has 2 aromatic rings. The molecule has 1 aliphatic heterocycles. The number of carbonyl (C=O) groups excluding carboxylic acids is 2. The molecule has 142 valence electrons. The maximum atomic E-state index is 13.6. The maximum absolute atomic E-state index is 13.6.